The molecule has 5 atom stereocenters. The molecule has 0 saturated heterocycles. The second-order valence-corrected chi connectivity index (χ2v) is 6.92. The maximum absolute atomic E-state index is 11.1. The predicted octanol–water partition coefficient (Wildman–Crippen LogP) is 2.21. The molecule has 0 saturated carbocycles. The number of carbonyl (C=O) groups excluding carboxylic acids is 1. The first kappa shape index (κ1) is 17.4. The van der Waals surface area contributed by atoms with Crippen LogP contribution in [0.1, 0.15) is 19.8 Å². The van der Waals surface area contributed by atoms with Crippen molar-refractivity contribution >= 4 is 27.6 Å². The summed E-state index contributed by atoms with van der Waals surface area (Å²) in [6, 6.07) is 0.220. The summed E-state index contributed by atoms with van der Waals surface area (Å²) >= 11 is 3.69. The number of allylic oxidation sites excluding steroid dienone is 1. The minimum atomic E-state index is -0.281. The summed E-state index contributed by atoms with van der Waals surface area (Å²) in [5.74, 6) is -0.223. The molecule has 0 spiro atoms. The van der Waals surface area contributed by atoms with Crippen molar-refractivity contribution in [1.82, 2.24) is 5.32 Å². The molecule has 6 heteroatoms. The largest absolute Gasteiger partial charge is 0.458 e. The van der Waals surface area contributed by atoms with Crippen LogP contribution in [-0.2, 0) is 14.3 Å². The summed E-state index contributed by atoms with van der Waals surface area (Å²) < 4.78 is 10.6. The van der Waals surface area contributed by atoms with Crippen molar-refractivity contribution in [3.8, 4) is 0 Å². The molecule has 2 aliphatic rings. The number of ether oxygens (including phenoxy) is 2. The number of methoxy groups -OCH3 is 1. The molecule has 0 radical (unpaired) electrons. The van der Waals surface area contributed by atoms with E-state index in [2.05, 4.69) is 33.4 Å². The van der Waals surface area contributed by atoms with Gasteiger partial charge in [0.15, 0.2) is 0 Å². The first-order chi connectivity index (χ1) is 10.5. The number of hydrogen-bond acceptors (Lipinski definition) is 5. The van der Waals surface area contributed by atoms with Crippen LogP contribution in [0, 0.1) is 11.3 Å². The van der Waals surface area contributed by atoms with E-state index in [-0.39, 0.29) is 30.1 Å². The molecule has 0 aliphatic heterocycles. The molecule has 0 fully saturated rings. The van der Waals surface area contributed by atoms with Crippen LogP contribution in [0.4, 0.5) is 0 Å². The van der Waals surface area contributed by atoms with Gasteiger partial charge in [-0.3, -0.25) is 4.79 Å². The molecule has 2 N–H and O–H groups in total. The quantitative estimate of drug-likeness (QED) is 0.442. The fourth-order valence-electron chi connectivity index (χ4n) is 2.79. The van der Waals surface area contributed by atoms with Gasteiger partial charge >= 0.3 is 5.97 Å². The monoisotopic (exact) mass is 370 g/mol. The van der Waals surface area contributed by atoms with E-state index >= 15 is 0 Å². The highest BCUT2D eigenvalue weighted by Gasteiger charge is 2.27. The van der Waals surface area contributed by atoms with Gasteiger partial charge in [0.05, 0.1) is 6.10 Å². The molecule has 0 aromatic carbocycles. The Morgan fingerprint density at radius 3 is 2.77 bits per heavy atom. The maximum atomic E-state index is 11.1. The average molecular weight is 371 g/mol. The van der Waals surface area contributed by atoms with Crippen molar-refractivity contribution in [3.63, 3.8) is 0 Å². The van der Waals surface area contributed by atoms with Gasteiger partial charge in [-0.15, -0.1) is 0 Å². The summed E-state index contributed by atoms with van der Waals surface area (Å²) in [7, 11) is 1.72. The van der Waals surface area contributed by atoms with Gasteiger partial charge in [-0.25, -0.2) is 0 Å². The lowest BCUT2D eigenvalue weighted by atomic mass is 9.90. The molecule has 0 aromatic rings. The Hall–Kier alpha value is -0.980. The zero-order chi connectivity index (χ0) is 16.1. The number of carbonyl (C=O) groups is 1. The van der Waals surface area contributed by atoms with Gasteiger partial charge in [-0.2, -0.15) is 0 Å². The minimum Gasteiger partial charge on any atom is -0.458 e. The summed E-state index contributed by atoms with van der Waals surface area (Å²) in [6.07, 6.45) is 9.23. The van der Waals surface area contributed by atoms with Gasteiger partial charge in [0.2, 0.25) is 0 Å². The van der Waals surface area contributed by atoms with Crippen LogP contribution in [0.25, 0.3) is 0 Å². The van der Waals surface area contributed by atoms with Crippen molar-refractivity contribution in [2.24, 2.45) is 5.92 Å². The summed E-state index contributed by atoms with van der Waals surface area (Å²) in [5, 5.41) is 11.5. The van der Waals surface area contributed by atoms with E-state index in [9.17, 15) is 4.79 Å². The molecule has 0 bridgehead atoms. The van der Waals surface area contributed by atoms with E-state index in [1.54, 1.807) is 19.3 Å². The van der Waals surface area contributed by atoms with E-state index in [0.29, 0.717) is 23.5 Å². The van der Waals surface area contributed by atoms with E-state index in [1.165, 1.54) is 6.92 Å². The molecule has 5 nitrogen and oxygen atoms in total. The second-order valence-electron chi connectivity index (χ2n) is 5.74. The van der Waals surface area contributed by atoms with Gasteiger partial charge in [-0.1, -0.05) is 28.1 Å². The highest BCUT2D eigenvalue weighted by atomic mass is 79.9. The Morgan fingerprint density at radius 1 is 1.36 bits per heavy atom. The molecule has 0 amide bonds. The van der Waals surface area contributed by atoms with Crippen molar-refractivity contribution in [1.29, 1.82) is 5.41 Å². The van der Waals surface area contributed by atoms with Crippen molar-refractivity contribution in [2.45, 2.75) is 42.8 Å². The third kappa shape index (κ3) is 4.76. The molecule has 0 heterocycles. The zero-order valence-corrected chi connectivity index (χ0v) is 14.5. The minimum absolute atomic E-state index is 0.0580. The number of nitrogens with one attached hydrogen (secondary N) is 2. The van der Waals surface area contributed by atoms with E-state index < -0.39 is 0 Å². The Bertz CT molecular complexity index is 478. The highest BCUT2D eigenvalue weighted by molar-refractivity contribution is 9.09. The smallest absolute Gasteiger partial charge is 0.303 e. The molecule has 0 aromatic heterocycles. The van der Waals surface area contributed by atoms with E-state index in [4.69, 9.17) is 14.9 Å². The van der Waals surface area contributed by atoms with Crippen LogP contribution < -0.4 is 5.32 Å². The van der Waals surface area contributed by atoms with Gasteiger partial charge in [0.1, 0.15) is 6.10 Å². The van der Waals surface area contributed by atoms with Crippen molar-refractivity contribution in [2.75, 3.05) is 13.7 Å². The van der Waals surface area contributed by atoms with Gasteiger partial charge in [0.25, 0.3) is 0 Å². The Balaban J connectivity index is 1.87. The summed E-state index contributed by atoms with van der Waals surface area (Å²) in [4.78, 5) is 11.4. The SMILES string of the molecule is COC1C=CC(NCC2CC(OC(C)=O)C=CC2=N)C(Br)C1. The fraction of sp³-hybridized carbons (Fsp3) is 0.625. The normalized spacial score (nSPS) is 34.7. The predicted molar refractivity (Wildman–Crippen MR) is 89.6 cm³/mol. The van der Waals surface area contributed by atoms with Crippen LogP contribution in [0.2, 0.25) is 0 Å². The maximum Gasteiger partial charge on any atom is 0.303 e. The lowest BCUT2D eigenvalue weighted by molar-refractivity contribution is -0.144. The Kier molecular flexibility index (Phi) is 6.35. The molecule has 22 heavy (non-hydrogen) atoms. The molecule has 122 valence electrons. The number of alkyl halides is 1. The standard InChI is InChI=1S/C16H23BrN2O3/c1-10(20)22-13-3-5-15(18)11(7-13)9-19-16-6-4-12(21-2)8-14(16)17/h3-6,11-14,16,18-19H,7-9H2,1-2H3. The molecular weight excluding hydrogens is 348 g/mol. The lowest BCUT2D eigenvalue weighted by Crippen LogP contribution is -2.44. The number of esters is 1. The zero-order valence-electron chi connectivity index (χ0n) is 12.9. The van der Waals surface area contributed by atoms with Crippen molar-refractivity contribution in [3.05, 3.63) is 24.3 Å². The average Bonchev–Trinajstić information content (AvgIpc) is 2.48. The molecule has 2 rings (SSSR count). The highest BCUT2D eigenvalue weighted by Crippen LogP contribution is 2.23. The third-order valence-corrected chi connectivity index (χ3v) is 4.99. The van der Waals surface area contributed by atoms with Crippen LogP contribution >= 0.6 is 15.9 Å². The first-order valence-corrected chi connectivity index (χ1v) is 8.43. The number of rotatable bonds is 5. The molecule has 2 aliphatic carbocycles. The summed E-state index contributed by atoms with van der Waals surface area (Å²) in [6.45, 7) is 2.10. The first-order valence-electron chi connectivity index (χ1n) is 7.52. The van der Waals surface area contributed by atoms with Crippen LogP contribution in [-0.4, -0.2) is 48.4 Å². The number of hydrogen-bond donors (Lipinski definition) is 2. The van der Waals surface area contributed by atoms with Gasteiger partial charge in [-0.05, 0) is 25.0 Å². The van der Waals surface area contributed by atoms with Crippen LogP contribution in [0.15, 0.2) is 24.3 Å². The van der Waals surface area contributed by atoms with Crippen LogP contribution in [0.5, 0.6) is 0 Å². The third-order valence-electron chi connectivity index (χ3n) is 4.05. The topological polar surface area (TPSA) is 71.4 Å². The fourth-order valence-corrected chi connectivity index (χ4v) is 3.52. The summed E-state index contributed by atoms with van der Waals surface area (Å²) in [5.41, 5.74) is 0.580. The lowest BCUT2D eigenvalue weighted by Gasteiger charge is -2.31. The molecule has 5 unspecified atom stereocenters. The second kappa shape index (κ2) is 8.04. The van der Waals surface area contributed by atoms with E-state index in [1.807, 2.05) is 0 Å². The Labute approximate surface area is 139 Å². The number of halogens is 1. The van der Waals surface area contributed by atoms with Crippen molar-refractivity contribution < 1.29 is 14.3 Å². The van der Waals surface area contributed by atoms with E-state index in [0.717, 1.165) is 6.42 Å². The Morgan fingerprint density at radius 2 is 2.14 bits per heavy atom. The molecular formula is C16H23BrN2O3. The van der Waals surface area contributed by atoms with Gasteiger partial charge in [0, 0.05) is 43.1 Å². The van der Waals surface area contributed by atoms with Gasteiger partial charge < -0.3 is 20.2 Å². The van der Waals surface area contributed by atoms with Crippen LogP contribution in [0.3, 0.4) is 0 Å².